The Bertz CT molecular complexity index is 1310. The summed E-state index contributed by atoms with van der Waals surface area (Å²) in [6.45, 7) is 9.90. The van der Waals surface area contributed by atoms with Crippen LogP contribution in [-0.2, 0) is 0 Å². The molecule has 0 aliphatic rings. The largest absolute Gasteiger partial charge is 0.497 e. The van der Waals surface area contributed by atoms with Crippen LogP contribution in [-0.4, -0.2) is 21.5 Å². The number of nitrogens with zero attached hydrogens (tertiary/aromatic N) is 3. The van der Waals surface area contributed by atoms with Gasteiger partial charge in [-0.2, -0.15) is 9.78 Å². The Morgan fingerprint density at radius 3 is 2.48 bits per heavy atom. The van der Waals surface area contributed by atoms with Crippen LogP contribution in [0.3, 0.4) is 0 Å². The molecule has 0 aliphatic carbocycles. The Morgan fingerprint density at radius 2 is 1.76 bits per heavy atom. The summed E-state index contributed by atoms with van der Waals surface area (Å²) >= 11 is 0. The predicted octanol–water partition coefficient (Wildman–Crippen LogP) is 4.83. The van der Waals surface area contributed by atoms with Gasteiger partial charge in [-0.15, -0.1) is 0 Å². The summed E-state index contributed by atoms with van der Waals surface area (Å²) in [7, 11) is 1.65. The summed E-state index contributed by atoms with van der Waals surface area (Å²) in [5.41, 5.74) is 5.31. The highest BCUT2D eigenvalue weighted by Crippen LogP contribution is 2.28. The first-order valence-corrected chi connectivity index (χ1v) is 9.43. The third-order valence-electron chi connectivity index (χ3n) is 5.30. The van der Waals surface area contributed by atoms with Gasteiger partial charge in [0.2, 0.25) is 0 Å². The molecule has 0 saturated carbocycles. The van der Waals surface area contributed by atoms with E-state index in [2.05, 4.69) is 16.2 Å². The average Bonchev–Trinajstić information content (AvgIpc) is 2.99. The van der Waals surface area contributed by atoms with Gasteiger partial charge < -0.3 is 9.30 Å². The quantitative estimate of drug-likeness (QED) is 0.505. The van der Waals surface area contributed by atoms with Gasteiger partial charge in [-0.25, -0.2) is 0 Å². The molecule has 0 radical (unpaired) electrons. The molecular formula is C24H23N3O2. The molecule has 0 unspecified atom stereocenters. The van der Waals surface area contributed by atoms with Crippen molar-refractivity contribution in [1.82, 2.24) is 14.3 Å². The molecule has 29 heavy (non-hydrogen) atoms. The second-order valence-corrected chi connectivity index (χ2v) is 7.19. The number of hydrogen-bond acceptors (Lipinski definition) is 3. The Hall–Kier alpha value is -3.60. The molecule has 5 nitrogen and oxygen atoms in total. The maximum absolute atomic E-state index is 13.4. The van der Waals surface area contributed by atoms with Gasteiger partial charge in [-0.1, -0.05) is 30.4 Å². The normalized spacial score (nSPS) is 11.0. The number of allylic oxidation sites excluding steroid dienone is 1. The van der Waals surface area contributed by atoms with Crippen LogP contribution in [0.25, 0.3) is 27.7 Å². The smallest absolute Gasteiger partial charge is 0.281 e. The fourth-order valence-electron chi connectivity index (χ4n) is 3.79. The highest BCUT2D eigenvalue weighted by atomic mass is 16.5. The number of benzene rings is 2. The van der Waals surface area contributed by atoms with Crippen LogP contribution in [0.15, 0.2) is 66.1 Å². The molecular weight excluding hydrogens is 362 g/mol. The van der Waals surface area contributed by atoms with Gasteiger partial charge in [-0.05, 0) is 50.6 Å². The number of fused-ring (bicyclic) bond motifs is 1. The minimum absolute atomic E-state index is 0.136. The van der Waals surface area contributed by atoms with Crippen LogP contribution in [0.4, 0.5) is 0 Å². The molecule has 0 spiro atoms. The van der Waals surface area contributed by atoms with Crippen LogP contribution >= 0.6 is 0 Å². The number of methoxy groups -OCH3 is 1. The lowest BCUT2D eigenvalue weighted by molar-refractivity contribution is 0.414. The van der Waals surface area contributed by atoms with Gasteiger partial charge >= 0.3 is 0 Å². The van der Waals surface area contributed by atoms with Gasteiger partial charge in [0.25, 0.3) is 5.56 Å². The molecule has 2 aromatic carbocycles. The molecule has 0 atom stereocenters. The molecule has 0 amide bonds. The standard InChI is InChI=1S/C24H23N3O2/c1-15(2)18-8-6-10-20(12-18)27-24(28)23-17(4)26(16(3)22(23)14-25-27)19-9-7-11-21(13-19)29-5/h6-14H,1H2,2-5H3. The number of aromatic nitrogens is 3. The lowest BCUT2D eigenvalue weighted by Gasteiger charge is -2.10. The van der Waals surface area contributed by atoms with Crippen molar-refractivity contribution in [2.45, 2.75) is 20.8 Å². The molecule has 2 aromatic heterocycles. The molecule has 4 aromatic rings. The van der Waals surface area contributed by atoms with Crippen molar-refractivity contribution < 1.29 is 4.74 Å². The van der Waals surface area contributed by atoms with Crippen molar-refractivity contribution in [2.24, 2.45) is 0 Å². The van der Waals surface area contributed by atoms with Crippen molar-refractivity contribution in [3.05, 3.63) is 88.6 Å². The molecule has 0 N–H and O–H groups in total. The maximum atomic E-state index is 13.4. The molecule has 5 heteroatoms. The van der Waals surface area contributed by atoms with Gasteiger partial charge in [0.1, 0.15) is 5.75 Å². The fourth-order valence-corrected chi connectivity index (χ4v) is 3.79. The predicted molar refractivity (Wildman–Crippen MR) is 117 cm³/mol. The number of aryl methyl sites for hydroxylation is 2. The highest BCUT2D eigenvalue weighted by molar-refractivity contribution is 5.88. The zero-order valence-electron chi connectivity index (χ0n) is 17.1. The van der Waals surface area contributed by atoms with E-state index in [0.29, 0.717) is 5.39 Å². The summed E-state index contributed by atoms with van der Waals surface area (Å²) in [5.74, 6) is 0.770. The summed E-state index contributed by atoms with van der Waals surface area (Å²) < 4.78 is 8.89. The number of hydrogen-bond donors (Lipinski definition) is 0. The van der Waals surface area contributed by atoms with Crippen LogP contribution in [0, 0.1) is 13.8 Å². The minimum Gasteiger partial charge on any atom is -0.497 e. The first-order valence-electron chi connectivity index (χ1n) is 9.43. The Labute approximate surface area is 169 Å². The maximum Gasteiger partial charge on any atom is 0.281 e. The second-order valence-electron chi connectivity index (χ2n) is 7.19. The lowest BCUT2D eigenvalue weighted by atomic mass is 10.1. The molecule has 0 aliphatic heterocycles. The van der Waals surface area contributed by atoms with Crippen molar-refractivity contribution >= 4 is 16.3 Å². The van der Waals surface area contributed by atoms with E-state index >= 15 is 0 Å². The summed E-state index contributed by atoms with van der Waals surface area (Å²) in [5, 5.41) is 5.97. The van der Waals surface area contributed by atoms with E-state index < -0.39 is 0 Å². The summed E-state index contributed by atoms with van der Waals surface area (Å²) in [4.78, 5) is 13.4. The zero-order valence-corrected chi connectivity index (χ0v) is 17.1. The van der Waals surface area contributed by atoms with E-state index in [-0.39, 0.29) is 5.56 Å². The van der Waals surface area contributed by atoms with Crippen molar-refractivity contribution in [3.63, 3.8) is 0 Å². The first-order chi connectivity index (χ1) is 13.9. The van der Waals surface area contributed by atoms with Gasteiger partial charge in [0.05, 0.1) is 24.4 Å². The summed E-state index contributed by atoms with van der Waals surface area (Å²) in [6, 6.07) is 15.5. The fraction of sp³-hybridized carbons (Fsp3) is 0.167. The zero-order chi connectivity index (χ0) is 20.7. The Balaban J connectivity index is 1.96. The van der Waals surface area contributed by atoms with E-state index in [0.717, 1.165) is 45.0 Å². The Kier molecular flexibility index (Phi) is 4.59. The van der Waals surface area contributed by atoms with Crippen molar-refractivity contribution in [3.8, 4) is 17.1 Å². The monoisotopic (exact) mass is 385 g/mol. The molecule has 0 fully saturated rings. The van der Waals surface area contributed by atoms with E-state index in [1.807, 2.05) is 69.3 Å². The molecule has 0 saturated heterocycles. The topological polar surface area (TPSA) is 49.0 Å². The minimum atomic E-state index is -0.136. The molecule has 146 valence electrons. The number of rotatable bonds is 4. The van der Waals surface area contributed by atoms with E-state index in [9.17, 15) is 4.79 Å². The van der Waals surface area contributed by atoms with Crippen molar-refractivity contribution in [1.29, 1.82) is 0 Å². The van der Waals surface area contributed by atoms with E-state index in [4.69, 9.17) is 4.74 Å². The summed E-state index contributed by atoms with van der Waals surface area (Å²) in [6.07, 6.45) is 1.77. The van der Waals surface area contributed by atoms with Crippen LogP contribution < -0.4 is 10.3 Å². The van der Waals surface area contributed by atoms with Crippen LogP contribution in [0.1, 0.15) is 23.9 Å². The SMILES string of the molecule is C=C(C)c1cccc(-n2ncc3c(C)n(-c4cccc(OC)c4)c(C)c3c2=O)c1. The lowest BCUT2D eigenvalue weighted by Crippen LogP contribution is -2.21. The van der Waals surface area contributed by atoms with Gasteiger partial charge in [0.15, 0.2) is 0 Å². The Morgan fingerprint density at radius 1 is 1.03 bits per heavy atom. The third-order valence-corrected chi connectivity index (χ3v) is 5.30. The van der Waals surface area contributed by atoms with Gasteiger partial charge in [0, 0.05) is 28.5 Å². The second kappa shape index (κ2) is 7.09. The van der Waals surface area contributed by atoms with Crippen molar-refractivity contribution in [2.75, 3.05) is 7.11 Å². The first kappa shape index (κ1) is 18.7. The third kappa shape index (κ3) is 3.05. The van der Waals surface area contributed by atoms with Crippen LogP contribution in [0.5, 0.6) is 5.75 Å². The molecule has 0 bridgehead atoms. The molecule has 2 heterocycles. The van der Waals surface area contributed by atoms with E-state index in [1.54, 1.807) is 13.3 Å². The van der Waals surface area contributed by atoms with Crippen LogP contribution in [0.2, 0.25) is 0 Å². The van der Waals surface area contributed by atoms with Gasteiger partial charge in [-0.3, -0.25) is 4.79 Å². The van der Waals surface area contributed by atoms with E-state index in [1.165, 1.54) is 4.68 Å². The highest BCUT2D eigenvalue weighted by Gasteiger charge is 2.18. The average molecular weight is 385 g/mol. The number of ether oxygens (including phenoxy) is 1. The molecule has 4 rings (SSSR count).